The Morgan fingerprint density at radius 3 is 3.13 bits per heavy atom. The van der Waals surface area contributed by atoms with E-state index in [4.69, 9.17) is 0 Å². The molecular weight excluding hydrogens is 206 g/mol. The van der Waals surface area contributed by atoms with Crippen molar-refractivity contribution < 1.29 is 5.11 Å². The van der Waals surface area contributed by atoms with Crippen molar-refractivity contribution in [1.82, 2.24) is 4.98 Å². The highest BCUT2D eigenvalue weighted by Gasteiger charge is 2.30. The summed E-state index contributed by atoms with van der Waals surface area (Å²) in [6, 6.07) is 0. The summed E-state index contributed by atoms with van der Waals surface area (Å²) in [6.07, 6.45) is 8.02. The lowest BCUT2D eigenvalue weighted by Crippen LogP contribution is -2.30. The Bertz CT molecular complexity index is 299. The fourth-order valence-electron chi connectivity index (χ4n) is 2.36. The average molecular weight is 225 g/mol. The zero-order valence-corrected chi connectivity index (χ0v) is 10.1. The quantitative estimate of drug-likeness (QED) is 0.785. The third-order valence-electron chi connectivity index (χ3n) is 3.41. The molecule has 1 aromatic heterocycles. The first kappa shape index (κ1) is 11.1. The van der Waals surface area contributed by atoms with Gasteiger partial charge in [-0.1, -0.05) is 19.8 Å². The second-order valence-corrected chi connectivity index (χ2v) is 5.84. The van der Waals surface area contributed by atoms with Crippen molar-refractivity contribution >= 4 is 11.3 Å². The molecule has 1 heterocycles. The number of hydrogen-bond acceptors (Lipinski definition) is 3. The SMILES string of the molecule is CC1CCCC(O)(Cc2nccs2)CC1. The van der Waals surface area contributed by atoms with E-state index in [0.29, 0.717) is 0 Å². The molecule has 1 N–H and O–H groups in total. The molecule has 0 spiro atoms. The van der Waals surface area contributed by atoms with Crippen LogP contribution in [0.25, 0.3) is 0 Å². The summed E-state index contributed by atoms with van der Waals surface area (Å²) >= 11 is 1.65. The van der Waals surface area contributed by atoms with Gasteiger partial charge in [-0.25, -0.2) is 4.98 Å². The molecule has 1 fully saturated rings. The van der Waals surface area contributed by atoms with E-state index in [1.54, 1.807) is 11.3 Å². The topological polar surface area (TPSA) is 33.1 Å². The second kappa shape index (κ2) is 4.62. The lowest BCUT2D eigenvalue weighted by Gasteiger charge is -2.25. The molecule has 2 rings (SSSR count). The molecule has 0 amide bonds. The van der Waals surface area contributed by atoms with Gasteiger partial charge in [-0.2, -0.15) is 0 Å². The van der Waals surface area contributed by atoms with Gasteiger partial charge in [-0.05, 0) is 25.2 Å². The van der Waals surface area contributed by atoms with Gasteiger partial charge in [0.15, 0.2) is 0 Å². The summed E-state index contributed by atoms with van der Waals surface area (Å²) in [6.45, 7) is 2.29. The van der Waals surface area contributed by atoms with Crippen LogP contribution in [0.5, 0.6) is 0 Å². The van der Waals surface area contributed by atoms with E-state index >= 15 is 0 Å². The number of thiazole rings is 1. The lowest BCUT2D eigenvalue weighted by molar-refractivity contribution is 0.0243. The van der Waals surface area contributed by atoms with Crippen LogP contribution in [-0.4, -0.2) is 15.7 Å². The Balaban J connectivity index is 1.99. The van der Waals surface area contributed by atoms with Crippen LogP contribution in [0.4, 0.5) is 0 Å². The highest BCUT2D eigenvalue weighted by Crippen LogP contribution is 2.32. The monoisotopic (exact) mass is 225 g/mol. The summed E-state index contributed by atoms with van der Waals surface area (Å²) in [5.74, 6) is 0.773. The molecule has 0 saturated heterocycles. The number of nitrogens with zero attached hydrogens (tertiary/aromatic N) is 1. The maximum absolute atomic E-state index is 10.5. The van der Waals surface area contributed by atoms with Crippen molar-refractivity contribution in [3.63, 3.8) is 0 Å². The Morgan fingerprint density at radius 2 is 2.40 bits per heavy atom. The third-order valence-corrected chi connectivity index (χ3v) is 4.18. The maximum atomic E-state index is 10.5. The lowest BCUT2D eigenvalue weighted by atomic mass is 9.91. The summed E-state index contributed by atoms with van der Waals surface area (Å²) < 4.78 is 0. The minimum atomic E-state index is -0.484. The fourth-order valence-corrected chi connectivity index (χ4v) is 3.12. The number of aliphatic hydroxyl groups is 1. The molecule has 0 bridgehead atoms. The van der Waals surface area contributed by atoms with Crippen molar-refractivity contribution in [2.24, 2.45) is 5.92 Å². The fraction of sp³-hybridized carbons (Fsp3) is 0.750. The highest BCUT2D eigenvalue weighted by atomic mass is 32.1. The van der Waals surface area contributed by atoms with Gasteiger partial charge in [0.1, 0.15) is 0 Å². The molecule has 1 saturated carbocycles. The molecule has 3 heteroatoms. The average Bonchev–Trinajstić information content (AvgIpc) is 2.61. The van der Waals surface area contributed by atoms with Gasteiger partial charge in [0.05, 0.1) is 10.6 Å². The van der Waals surface area contributed by atoms with E-state index in [-0.39, 0.29) is 0 Å². The van der Waals surface area contributed by atoms with E-state index in [2.05, 4.69) is 11.9 Å². The third kappa shape index (κ3) is 3.02. The molecule has 2 atom stereocenters. The minimum absolute atomic E-state index is 0.484. The number of hydrogen-bond donors (Lipinski definition) is 1. The molecular formula is C12H19NOS. The van der Waals surface area contributed by atoms with Crippen LogP contribution in [0, 0.1) is 5.92 Å². The Hall–Kier alpha value is -0.410. The molecule has 84 valence electrons. The number of rotatable bonds is 2. The van der Waals surface area contributed by atoms with Gasteiger partial charge in [0.25, 0.3) is 0 Å². The first-order chi connectivity index (χ1) is 7.18. The van der Waals surface area contributed by atoms with Gasteiger partial charge in [-0.15, -0.1) is 11.3 Å². The highest BCUT2D eigenvalue weighted by molar-refractivity contribution is 7.09. The molecule has 0 aromatic carbocycles. The minimum Gasteiger partial charge on any atom is -0.389 e. The van der Waals surface area contributed by atoms with E-state index in [1.807, 2.05) is 11.6 Å². The van der Waals surface area contributed by atoms with Crippen LogP contribution in [0.1, 0.15) is 44.0 Å². The maximum Gasteiger partial charge on any atom is 0.0953 e. The van der Waals surface area contributed by atoms with E-state index in [1.165, 1.54) is 6.42 Å². The molecule has 2 unspecified atom stereocenters. The normalized spacial score (nSPS) is 32.5. The summed E-state index contributed by atoms with van der Waals surface area (Å²) in [5.41, 5.74) is -0.484. The Morgan fingerprint density at radius 1 is 1.53 bits per heavy atom. The second-order valence-electron chi connectivity index (χ2n) is 4.86. The van der Waals surface area contributed by atoms with Crippen LogP contribution < -0.4 is 0 Å². The van der Waals surface area contributed by atoms with Gasteiger partial charge in [0.2, 0.25) is 0 Å². The predicted octanol–water partition coefficient (Wildman–Crippen LogP) is 3.02. The van der Waals surface area contributed by atoms with Crippen molar-refractivity contribution in [3.05, 3.63) is 16.6 Å². The standard InChI is InChI=1S/C12H19NOS/c1-10-3-2-5-12(14,6-4-10)9-11-13-7-8-15-11/h7-8,10,14H,2-6,9H2,1H3. The molecule has 1 aliphatic carbocycles. The predicted molar refractivity (Wildman–Crippen MR) is 63.0 cm³/mol. The van der Waals surface area contributed by atoms with E-state index in [9.17, 15) is 5.11 Å². The van der Waals surface area contributed by atoms with Crippen LogP contribution >= 0.6 is 11.3 Å². The Kier molecular flexibility index (Phi) is 3.42. The van der Waals surface area contributed by atoms with Crippen molar-refractivity contribution in [3.8, 4) is 0 Å². The first-order valence-corrected chi connectivity index (χ1v) is 6.67. The van der Waals surface area contributed by atoms with E-state index in [0.717, 1.165) is 43.0 Å². The van der Waals surface area contributed by atoms with Crippen molar-refractivity contribution in [2.75, 3.05) is 0 Å². The zero-order chi connectivity index (χ0) is 10.7. The van der Waals surface area contributed by atoms with Gasteiger partial charge in [-0.3, -0.25) is 0 Å². The van der Waals surface area contributed by atoms with Gasteiger partial charge < -0.3 is 5.11 Å². The Labute approximate surface area is 95.4 Å². The van der Waals surface area contributed by atoms with E-state index < -0.39 is 5.60 Å². The summed E-state index contributed by atoms with van der Waals surface area (Å²) in [4.78, 5) is 4.26. The van der Waals surface area contributed by atoms with Crippen molar-refractivity contribution in [2.45, 2.75) is 51.0 Å². The zero-order valence-electron chi connectivity index (χ0n) is 9.28. The molecule has 1 aliphatic rings. The molecule has 2 nitrogen and oxygen atoms in total. The first-order valence-electron chi connectivity index (χ1n) is 5.79. The van der Waals surface area contributed by atoms with Gasteiger partial charge >= 0.3 is 0 Å². The molecule has 15 heavy (non-hydrogen) atoms. The molecule has 1 aromatic rings. The summed E-state index contributed by atoms with van der Waals surface area (Å²) in [5, 5.41) is 13.6. The van der Waals surface area contributed by atoms with Gasteiger partial charge in [0, 0.05) is 18.0 Å². The number of aromatic nitrogens is 1. The van der Waals surface area contributed by atoms with Crippen molar-refractivity contribution in [1.29, 1.82) is 0 Å². The van der Waals surface area contributed by atoms with Crippen LogP contribution in [0.3, 0.4) is 0 Å². The van der Waals surface area contributed by atoms with Crippen LogP contribution in [0.2, 0.25) is 0 Å². The largest absolute Gasteiger partial charge is 0.389 e. The molecule has 0 radical (unpaired) electrons. The van der Waals surface area contributed by atoms with Crippen LogP contribution in [0.15, 0.2) is 11.6 Å². The van der Waals surface area contributed by atoms with Crippen LogP contribution in [-0.2, 0) is 6.42 Å². The molecule has 0 aliphatic heterocycles. The summed E-state index contributed by atoms with van der Waals surface area (Å²) in [7, 11) is 0. The smallest absolute Gasteiger partial charge is 0.0953 e.